The molecule has 6 heteroatoms. The molecular weight excluding hydrogens is 350 g/mol. The van der Waals surface area contributed by atoms with Gasteiger partial charge >= 0.3 is 5.97 Å². The topological polar surface area (TPSA) is 68.7 Å². The van der Waals surface area contributed by atoms with Crippen molar-refractivity contribution < 1.29 is 19.4 Å². The van der Waals surface area contributed by atoms with Gasteiger partial charge in [-0.05, 0) is 33.1 Å². The Morgan fingerprint density at radius 3 is 2.73 bits per heavy atom. The van der Waals surface area contributed by atoms with E-state index in [1.807, 2.05) is 12.1 Å². The summed E-state index contributed by atoms with van der Waals surface area (Å²) >= 11 is 3.27. The van der Waals surface area contributed by atoms with Gasteiger partial charge in [0.2, 0.25) is 5.88 Å². The third-order valence-electron chi connectivity index (χ3n) is 2.91. The van der Waals surface area contributed by atoms with Gasteiger partial charge in [0, 0.05) is 6.07 Å². The quantitative estimate of drug-likeness (QED) is 0.381. The van der Waals surface area contributed by atoms with Crippen LogP contribution >= 0.6 is 15.9 Å². The highest BCUT2D eigenvalue weighted by Crippen LogP contribution is 2.22. The number of aliphatic hydroxyl groups excluding tert-OH is 1. The lowest BCUT2D eigenvalue weighted by molar-refractivity contribution is -0.133. The van der Waals surface area contributed by atoms with Gasteiger partial charge in [-0.25, -0.2) is 9.78 Å². The molecule has 0 aliphatic heterocycles. The summed E-state index contributed by atoms with van der Waals surface area (Å²) in [6, 6.07) is 12.4. The van der Waals surface area contributed by atoms with E-state index in [0.29, 0.717) is 16.0 Å². The summed E-state index contributed by atoms with van der Waals surface area (Å²) in [5.41, 5.74) is 1.35. The largest absolute Gasteiger partial charge is 0.515 e. The summed E-state index contributed by atoms with van der Waals surface area (Å²) in [6.07, 6.45) is 0.738. The zero-order chi connectivity index (χ0) is 15.9. The molecule has 0 saturated heterocycles. The summed E-state index contributed by atoms with van der Waals surface area (Å²) < 4.78 is 11.0. The van der Waals surface area contributed by atoms with Gasteiger partial charge in [0.15, 0.2) is 0 Å². The van der Waals surface area contributed by atoms with Crippen molar-refractivity contribution in [2.75, 3.05) is 7.11 Å². The summed E-state index contributed by atoms with van der Waals surface area (Å²) in [4.78, 5) is 15.9. The van der Waals surface area contributed by atoms with Crippen LogP contribution in [0.25, 0.3) is 5.57 Å². The number of aliphatic hydroxyl groups is 1. The molecule has 0 atom stereocenters. The van der Waals surface area contributed by atoms with Crippen LogP contribution in [0.3, 0.4) is 0 Å². The van der Waals surface area contributed by atoms with Crippen molar-refractivity contribution in [1.29, 1.82) is 0 Å². The second-order valence-electron chi connectivity index (χ2n) is 4.28. The molecule has 1 aromatic heterocycles. The average Bonchev–Trinajstić information content (AvgIpc) is 2.54. The molecule has 2 aromatic rings. The molecule has 114 valence electrons. The molecule has 5 nitrogen and oxygen atoms in total. The van der Waals surface area contributed by atoms with Crippen molar-refractivity contribution in [2.45, 2.75) is 6.61 Å². The zero-order valence-electron chi connectivity index (χ0n) is 11.8. The second-order valence-corrected chi connectivity index (χ2v) is 5.09. The first-order valence-corrected chi connectivity index (χ1v) is 7.21. The molecule has 1 N–H and O–H groups in total. The number of ether oxygens (including phenoxy) is 2. The highest BCUT2D eigenvalue weighted by molar-refractivity contribution is 9.10. The van der Waals surface area contributed by atoms with Crippen LogP contribution in [0.4, 0.5) is 0 Å². The van der Waals surface area contributed by atoms with Crippen LogP contribution in [-0.2, 0) is 16.1 Å². The summed E-state index contributed by atoms with van der Waals surface area (Å²) in [5, 5.41) is 9.30. The van der Waals surface area contributed by atoms with Crippen LogP contribution in [-0.4, -0.2) is 23.2 Å². The fourth-order valence-electron chi connectivity index (χ4n) is 1.87. The highest BCUT2D eigenvalue weighted by Gasteiger charge is 2.16. The molecule has 1 aromatic carbocycles. The number of halogens is 1. The van der Waals surface area contributed by atoms with Crippen LogP contribution in [0.2, 0.25) is 0 Å². The maximum absolute atomic E-state index is 11.7. The van der Waals surface area contributed by atoms with Gasteiger partial charge in [-0.2, -0.15) is 0 Å². The summed E-state index contributed by atoms with van der Waals surface area (Å²) in [5.74, 6) is -0.160. The van der Waals surface area contributed by atoms with Gasteiger partial charge in [-0.3, -0.25) is 0 Å². The van der Waals surface area contributed by atoms with Crippen molar-refractivity contribution in [3.8, 4) is 5.88 Å². The SMILES string of the molecule is COC(=O)/C(=C/O)c1ccccc1COc1cccc(Br)n1. The maximum atomic E-state index is 11.7. The molecule has 2 rings (SSSR count). The lowest BCUT2D eigenvalue weighted by Crippen LogP contribution is -2.08. The normalized spacial score (nSPS) is 11.1. The smallest absolute Gasteiger partial charge is 0.341 e. The number of carbonyl (C=O) groups excluding carboxylic acids is 1. The molecule has 0 spiro atoms. The fraction of sp³-hybridized carbons (Fsp3) is 0.125. The number of nitrogens with zero attached hydrogens (tertiary/aromatic N) is 1. The van der Waals surface area contributed by atoms with Crippen molar-refractivity contribution in [2.24, 2.45) is 0 Å². The monoisotopic (exact) mass is 363 g/mol. The number of rotatable bonds is 5. The van der Waals surface area contributed by atoms with Gasteiger partial charge < -0.3 is 14.6 Å². The first kappa shape index (κ1) is 16.0. The maximum Gasteiger partial charge on any atom is 0.341 e. The molecule has 1 heterocycles. The highest BCUT2D eigenvalue weighted by atomic mass is 79.9. The van der Waals surface area contributed by atoms with Crippen molar-refractivity contribution >= 4 is 27.5 Å². The molecule has 22 heavy (non-hydrogen) atoms. The minimum Gasteiger partial charge on any atom is -0.515 e. The number of hydrogen-bond donors (Lipinski definition) is 1. The molecule has 0 bridgehead atoms. The Kier molecular flexibility index (Phi) is 5.55. The predicted octanol–water partition coefficient (Wildman–Crippen LogP) is 3.50. The Morgan fingerprint density at radius 2 is 2.05 bits per heavy atom. The number of esters is 1. The van der Waals surface area contributed by atoms with E-state index in [1.165, 1.54) is 7.11 Å². The lowest BCUT2D eigenvalue weighted by Gasteiger charge is -2.11. The molecule has 0 aliphatic carbocycles. The van der Waals surface area contributed by atoms with E-state index >= 15 is 0 Å². The van der Waals surface area contributed by atoms with Crippen LogP contribution in [0.1, 0.15) is 11.1 Å². The Morgan fingerprint density at radius 1 is 1.27 bits per heavy atom. The Labute approximate surface area is 136 Å². The van der Waals surface area contributed by atoms with Gasteiger partial charge in [0.1, 0.15) is 16.8 Å². The summed E-state index contributed by atoms with van der Waals surface area (Å²) in [6.45, 7) is 0.202. The molecule has 0 aliphatic rings. The van der Waals surface area contributed by atoms with Crippen LogP contribution in [0, 0.1) is 0 Å². The van der Waals surface area contributed by atoms with Crippen LogP contribution < -0.4 is 4.74 Å². The molecule has 0 amide bonds. The zero-order valence-corrected chi connectivity index (χ0v) is 13.4. The molecule has 0 radical (unpaired) electrons. The van der Waals surface area contributed by atoms with Crippen molar-refractivity contribution in [1.82, 2.24) is 4.98 Å². The first-order valence-electron chi connectivity index (χ1n) is 6.42. The number of hydrogen-bond acceptors (Lipinski definition) is 5. The molecule has 0 unspecified atom stereocenters. The molecule has 0 saturated carbocycles. The Hall–Kier alpha value is -2.34. The van der Waals surface area contributed by atoms with Gasteiger partial charge in [-0.15, -0.1) is 0 Å². The first-order chi connectivity index (χ1) is 10.7. The van der Waals surface area contributed by atoms with E-state index in [2.05, 4.69) is 25.7 Å². The minimum absolute atomic E-state index is 0.0731. The molecule has 0 fully saturated rings. The van der Waals surface area contributed by atoms with Crippen LogP contribution in [0.5, 0.6) is 5.88 Å². The van der Waals surface area contributed by atoms with E-state index in [-0.39, 0.29) is 12.2 Å². The van der Waals surface area contributed by atoms with E-state index < -0.39 is 5.97 Å². The van der Waals surface area contributed by atoms with E-state index in [0.717, 1.165) is 11.8 Å². The number of pyridine rings is 1. The number of carbonyl (C=O) groups is 1. The average molecular weight is 364 g/mol. The van der Waals surface area contributed by atoms with Crippen molar-refractivity contribution in [3.05, 3.63) is 64.5 Å². The number of methoxy groups -OCH3 is 1. The minimum atomic E-state index is -0.615. The van der Waals surface area contributed by atoms with E-state index in [4.69, 9.17) is 4.74 Å². The van der Waals surface area contributed by atoms with Gasteiger partial charge in [-0.1, -0.05) is 30.3 Å². The lowest BCUT2D eigenvalue weighted by atomic mass is 10.0. The van der Waals surface area contributed by atoms with Crippen LogP contribution in [0.15, 0.2) is 53.3 Å². The fourth-order valence-corrected chi connectivity index (χ4v) is 2.20. The van der Waals surface area contributed by atoms with Gasteiger partial charge in [0.05, 0.1) is 13.4 Å². The third kappa shape index (κ3) is 3.85. The third-order valence-corrected chi connectivity index (χ3v) is 3.35. The number of aromatic nitrogens is 1. The van der Waals surface area contributed by atoms with E-state index in [9.17, 15) is 9.90 Å². The van der Waals surface area contributed by atoms with E-state index in [1.54, 1.807) is 30.3 Å². The Bertz CT molecular complexity index is 700. The van der Waals surface area contributed by atoms with Gasteiger partial charge in [0.25, 0.3) is 0 Å². The van der Waals surface area contributed by atoms with Crippen molar-refractivity contribution in [3.63, 3.8) is 0 Å². The number of benzene rings is 1. The second kappa shape index (κ2) is 7.61. The predicted molar refractivity (Wildman–Crippen MR) is 85.3 cm³/mol. The standard InChI is InChI=1S/C16H14BrNO4/c1-21-16(20)13(9-19)12-6-3-2-5-11(12)10-22-15-8-4-7-14(17)18-15/h2-9,19H,10H2,1H3/b13-9+. The molecular formula is C16H14BrNO4. The Balaban J connectivity index is 2.23. The summed E-state index contributed by atoms with van der Waals surface area (Å²) in [7, 11) is 1.26.